The first-order valence-corrected chi connectivity index (χ1v) is 14.0. The monoisotopic (exact) mass is 531 g/mol. The Morgan fingerprint density at radius 1 is 0.921 bits per heavy atom. The van der Waals surface area contributed by atoms with Crippen LogP contribution in [0, 0.1) is 0 Å². The summed E-state index contributed by atoms with van der Waals surface area (Å²) >= 11 is 0. The van der Waals surface area contributed by atoms with Crippen molar-refractivity contribution in [2.75, 3.05) is 7.05 Å². The number of hydrogen-bond acceptors (Lipinski definition) is 6. The molecule has 1 aliphatic rings. The molecule has 0 amide bonds. The number of hydrogen-bond donors (Lipinski definition) is 1. The molecule has 1 fully saturated rings. The molecular formula is C32H53NO5. The van der Waals surface area contributed by atoms with Crippen LogP contribution in [0.2, 0.25) is 0 Å². The number of esters is 2. The maximum absolute atomic E-state index is 12.9. The Kier molecular flexibility index (Phi) is 9.15. The van der Waals surface area contributed by atoms with Crippen LogP contribution in [-0.4, -0.2) is 51.8 Å². The van der Waals surface area contributed by atoms with Gasteiger partial charge >= 0.3 is 11.9 Å². The van der Waals surface area contributed by atoms with E-state index in [9.17, 15) is 14.7 Å². The van der Waals surface area contributed by atoms with Gasteiger partial charge in [-0.3, -0.25) is 14.5 Å². The highest BCUT2D eigenvalue weighted by Crippen LogP contribution is 2.41. The van der Waals surface area contributed by atoms with E-state index in [0.29, 0.717) is 31.4 Å². The first-order valence-electron chi connectivity index (χ1n) is 14.0. The average molecular weight is 532 g/mol. The molecule has 1 aliphatic heterocycles. The van der Waals surface area contributed by atoms with E-state index in [1.54, 1.807) is 0 Å². The molecule has 1 atom stereocenters. The van der Waals surface area contributed by atoms with Crippen LogP contribution < -0.4 is 0 Å². The zero-order valence-electron chi connectivity index (χ0n) is 26.3. The summed E-state index contributed by atoms with van der Waals surface area (Å²) in [6, 6.07) is 4.04. The summed E-state index contributed by atoms with van der Waals surface area (Å²) in [5, 5.41) is 11.1. The molecule has 1 saturated heterocycles. The number of carbonyl (C=O) groups is 2. The van der Waals surface area contributed by atoms with Crippen LogP contribution in [0.15, 0.2) is 12.1 Å². The second kappa shape index (κ2) is 10.8. The Balaban J connectivity index is 2.16. The number of rotatable bonds is 7. The number of phenolic OH excluding ortho intramolecular Hbond substituents is 1. The number of aromatic hydroxyl groups is 1. The molecule has 38 heavy (non-hydrogen) atoms. The quantitative estimate of drug-likeness (QED) is 0.307. The van der Waals surface area contributed by atoms with Crippen LogP contribution in [0.4, 0.5) is 0 Å². The van der Waals surface area contributed by atoms with Crippen molar-refractivity contribution >= 4 is 11.9 Å². The SMILES string of the molecule is CCC(C)(Cc1cc(C(C)(C)C)c(O)c(C(C)(C)C)c1)OC(=O)CC(=O)OC1CC(C)(C)N(C)C(C)(C)C1. The van der Waals surface area contributed by atoms with E-state index in [1.165, 1.54) is 0 Å². The van der Waals surface area contributed by atoms with Gasteiger partial charge in [-0.05, 0) is 75.6 Å². The number of nitrogens with zero attached hydrogens (tertiary/aromatic N) is 1. The van der Waals surface area contributed by atoms with E-state index in [4.69, 9.17) is 9.47 Å². The van der Waals surface area contributed by atoms with Crippen LogP contribution in [-0.2, 0) is 36.3 Å². The van der Waals surface area contributed by atoms with Crippen molar-refractivity contribution in [2.24, 2.45) is 0 Å². The lowest BCUT2D eigenvalue weighted by molar-refractivity contribution is -0.169. The summed E-state index contributed by atoms with van der Waals surface area (Å²) in [4.78, 5) is 28.0. The van der Waals surface area contributed by atoms with Gasteiger partial charge in [0.2, 0.25) is 0 Å². The first kappa shape index (κ1) is 32.1. The molecule has 0 aliphatic carbocycles. The maximum Gasteiger partial charge on any atom is 0.317 e. The minimum atomic E-state index is -0.795. The summed E-state index contributed by atoms with van der Waals surface area (Å²) in [6.45, 7) is 24.9. The van der Waals surface area contributed by atoms with Gasteiger partial charge in [-0.15, -0.1) is 0 Å². The Bertz CT molecular complexity index is 974. The van der Waals surface area contributed by atoms with Gasteiger partial charge in [-0.1, -0.05) is 60.6 Å². The number of carbonyl (C=O) groups excluding carboxylic acids is 2. The normalized spacial score (nSPS) is 20.0. The topological polar surface area (TPSA) is 76.1 Å². The van der Waals surface area contributed by atoms with Crippen molar-refractivity contribution < 1.29 is 24.2 Å². The molecule has 0 saturated carbocycles. The molecule has 0 bridgehead atoms. The molecule has 1 unspecified atom stereocenters. The molecule has 2 rings (SSSR count). The third-order valence-electron chi connectivity index (χ3n) is 8.33. The van der Waals surface area contributed by atoms with Crippen molar-refractivity contribution in [1.29, 1.82) is 0 Å². The molecule has 0 aromatic heterocycles. The van der Waals surface area contributed by atoms with Crippen LogP contribution in [0.1, 0.15) is 125 Å². The van der Waals surface area contributed by atoms with Gasteiger partial charge in [0.05, 0.1) is 0 Å². The van der Waals surface area contributed by atoms with E-state index < -0.39 is 24.0 Å². The lowest BCUT2D eigenvalue weighted by Gasteiger charge is -2.53. The van der Waals surface area contributed by atoms with Crippen LogP contribution >= 0.6 is 0 Å². The Hall–Kier alpha value is -2.08. The van der Waals surface area contributed by atoms with E-state index in [2.05, 4.69) is 81.2 Å². The average Bonchev–Trinajstić information content (AvgIpc) is 2.70. The third kappa shape index (κ3) is 7.74. The largest absolute Gasteiger partial charge is 0.507 e. The van der Waals surface area contributed by atoms with Crippen molar-refractivity contribution in [1.82, 2.24) is 4.90 Å². The van der Waals surface area contributed by atoms with Gasteiger partial charge in [-0.2, -0.15) is 0 Å². The lowest BCUT2D eigenvalue weighted by atomic mass is 9.77. The number of likely N-dealkylation sites (tertiary alicyclic amines) is 1. The van der Waals surface area contributed by atoms with Crippen molar-refractivity contribution in [3.8, 4) is 5.75 Å². The summed E-state index contributed by atoms with van der Waals surface area (Å²) < 4.78 is 11.7. The minimum absolute atomic E-state index is 0.115. The number of phenols is 1. The predicted octanol–water partition coefficient (Wildman–Crippen LogP) is 6.83. The molecule has 1 aromatic carbocycles. The highest BCUT2D eigenvalue weighted by atomic mass is 16.6. The Morgan fingerprint density at radius 3 is 1.76 bits per heavy atom. The fraction of sp³-hybridized carbons (Fsp3) is 0.750. The summed E-state index contributed by atoms with van der Waals surface area (Å²) in [5.41, 5.74) is 1.21. The van der Waals surface area contributed by atoms with E-state index in [-0.39, 0.29) is 28.0 Å². The maximum atomic E-state index is 12.9. The standard InChI is InChI=1S/C32H53NO5/c1-14-32(12,18-21-15-23(28(2,3)4)27(36)24(16-21)29(5,6)7)38-26(35)17-25(34)37-22-19-30(8,9)33(13)31(10,11)20-22/h15-16,22,36H,14,17-20H2,1-13H3. The molecule has 0 radical (unpaired) electrons. The molecule has 0 spiro atoms. The summed E-state index contributed by atoms with van der Waals surface area (Å²) in [5.74, 6) is -0.784. The second-order valence-corrected chi connectivity index (χ2v) is 14.9. The highest BCUT2D eigenvalue weighted by Gasteiger charge is 2.44. The van der Waals surface area contributed by atoms with E-state index >= 15 is 0 Å². The zero-order chi connectivity index (χ0) is 29.5. The van der Waals surface area contributed by atoms with Gasteiger partial charge in [0.1, 0.15) is 23.9 Å². The zero-order valence-corrected chi connectivity index (χ0v) is 26.3. The first-order chi connectivity index (χ1) is 17.0. The Labute approximate surface area is 231 Å². The smallest absolute Gasteiger partial charge is 0.317 e. The Morgan fingerprint density at radius 2 is 1.37 bits per heavy atom. The summed E-state index contributed by atoms with van der Waals surface area (Å²) in [7, 11) is 2.10. The van der Waals surface area contributed by atoms with Gasteiger partial charge in [0.15, 0.2) is 0 Å². The third-order valence-corrected chi connectivity index (χ3v) is 8.33. The van der Waals surface area contributed by atoms with Crippen LogP contribution in [0.3, 0.4) is 0 Å². The molecule has 1 N–H and O–H groups in total. The summed E-state index contributed by atoms with van der Waals surface area (Å²) in [6.07, 6.45) is 1.85. The van der Waals surface area contributed by atoms with Crippen molar-refractivity contribution in [3.05, 3.63) is 28.8 Å². The fourth-order valence-corrected chi connectivity index (χ4v) is 5.62. The van der Waals surface area contributed by atoms with Crippen LogP contribution in [0.5, 0.6) is 5.75 Å². The predicted molar refractivity (Wildman–Crippen MR) is 154 cm³/mol. The second-order valence-electron chi connectivity index (χ2n) is 14.9. The van der Waals surface area contributed by atoms with E-state index in [1.807, 2.05) is 26.0 Å². The van der Waals surface area contributed by atoms with Gasteiger partial charge in [0.25, 0.3) is 0 Å². The lowest BCUT2D eigenvalue weighted by Crippen LogP contribution is -2.60. The van der Waals surface area contributed by atoms with Crippen LogP contribution in [0.25, 0.3) is 0 Å². The number of ether oxygens (including phenoxy) is 2. The van der Waals surface area contributed by atoms with Gasteiger partial charge in [0, 0.05) is 30.3 Å². The van der Waals surface area contributed by atoms with E-state index in [0.717, 1.165) is 16.7 Å². The fourth-order valence-electron chi connectivity index (χ4n) is 5.62. The molecule has 1 heterocycles. The molecule has 216 valence electrons. The molecule has 1 aromatic rings. The van der Waals surface area contributed by atoms with Crippen molar-refractivity contribution in [3.63, 3.8) is 0 Å². The molecule has 6 heteroatoms. The van der Waals surface area contributed by atoms with Gasteiger partial charge < -0.3 is 14.6 Å². The van der Waals surface area contributed by atoms with Gasteiger partial charge in [-0.25, -0.2) is 0 Å². The molecular weight excluding hydrogens is 478 g/mol. The highest BCUT2D eigenvalue weighted by molar-refractivity contribution is 5.91. The molecule has 6 nitrogen and oxygen atoms in total. The van der Waals surface area contributed by atoms with Crippen molar-refractivity contribution in [2.45, 2.75) is 149 Å². The number of benzene rings is 1. The number of piperidine rings is 1. The minimum Gasteiger partial charge on any atom is -0.507 e.